The summed E-state index contributed by atoms with van der Waals surface area (Å²) in [6, 6.07) is 10.1. The fraction of sp³-hybridized carbons (Fsp3) is 0.529. The average molecular weight is 611 g/mol. The van der Waals surface area contributed by atoms with Crippen LogP contribution in [0.1, 0.15) is 90.0 Å². The lowest BCUT2D eigenvalue weighted by atomic mass is 9.93. The maximum absolute atomic E-state index is 14.6. The molecular weight excluding hydrogens is 560 g/mol. The number of anilines is 1. The van der Waals surface area contributed by atoms with Crippen LogP contribution in [0.15, 0.2) is 42.5 Å². The molecule has 3 unspecified atom stereocenters. The maximum atomic E-state index is 14.6. The molecule has 0 aliphatic carbocycles. The van der Waals surface area contributed by atoms with E-state index >= 15 is 0 Å². The van der Waals surface area contributed by atoms with Gasteiger partial charge in [-0.2, -0.15) is 0 Å². The summed E-state index contributed by atoms with van der Waals surface area (Å²) in [4.78, 5) is 55.1. The van der Waals surface area contributed by atoms with Crippen molar-refractivity contribution in [1.82, 2.24) is 10.2 Å². The van der Waals surface area contributed by atoms with E-state index in [9.17, 15) is 19.2 Å². The fourth-order valence-corrected chi connectivity index (χ4v) is 4.84. The molecule has 242 valence electrons. The molecule has 10 nitrogen and oxygen atoms in total. The summed E-state index contributed by atoms with van der Waals surface area (Å²) in [5.74, 6) is -0.550. The van der Waals surface area contributed by atoms with E-state index < -0.39 is 47.5 Å². The highest BCUT2D eigenvalue weighted by Gasteiger charge is 2.39. The zero-order valence-electron chi connectivity index (χ0n) is 27.7. The molecule has 10 heteroatoms. The van der Waals surface area contributed by atoms with E-state index in [0.29, 0.717) is 29.3 Å². The molecule has 0 aromatic heterocycles. The van der Waals surface area contributed by atoms with Gasteiger partial charge in [0.05, 0.1) is 7.11 Å². The smallest absolute Gasteiger partial charge is 0.408 e. The number of nitrogens with two attached hydrogens (primary N) is 1. The van der Waals surface area contributed by atoms with Gasteiger partial charge in [-0.3, -0.25) is 14.4 Å². The highest BCUT2D eigenvalue weighted by molar-refractivity contribution is 5.99. The summed E-state index contributed by atoms with van der Waals surface area (Å²) in [6.07, 6.45) is 0.402. The molecule has 0 heterocycles. The van der Waals surface area contributed by atoms with Gasteiger partial charge in [0.15, 0.2) is 0 Å². The number of primary amides is 1. The van der Waals surface area contributed by atoms with Crippen LogP contribution < -0.4 is 21.1 Å². The van der Waals surface area contributed by atoms with Gasteiger partial charge in [0.25, 0.3) is 5.91 Å². The number of nitrogens with one attached hydrogen (secondary N) is 2. The third-order valence-corrected chi connectivity index (χ3v) is 7.17. The lowest BCUT2D eigenvalue weighted by Crippen LogP contribution is -2.55. The van der Waals surface area contributed by atoms with Crippen molar-refractivity contribution in [1.29, 1.82) is 0 Å². The van der Waals surface area contributed by atoms with Gasteiger partial charge >= 0.3 is 6.09 Å². The summed E-state index contributed by atoms with van der Waals surface area (Å²) in [5.41, 5.74) is 7.58. The molecule has 0 bridgehead atoms. The van der Waals surface area contributed by atoms with Gasteiger partial charge in [0.1, 0.15) is 23.4 Å². The molecule has 2 aromatic rings. The Balaban J connectivity index is 2.69. The van der Waals surface area contributed by atoms with Gasteiger partial charge in [-0.15, -0.1) is 0 Å². The Morgan fingerprint density at radius 1 is 0.932 bits per heavy atom. The number of hydrogen-bond donors (Lipinski definition) is 3. The SMILES string of the molecule is COc1ccc(NC(=O)C(c2cc(C)ccc2C)N(C(=O)C(CCC(N)=O)NC(=O)OC(C)(C)C)C(C)CCC(C)C)cc1. The molecule has 0 radical (unpaired) electrons. The second kappa shape index (κ2) is 16.1. The maximum Gasteiger partial charge on any atom is 0.408 e. The van der Waals surface area contributed by atoms with Gasteiger partial charge in [0, 0.05) is 18.2 Å². The molecule has 4 N–H and O–H groups in total. The van der Waals surface area contributed by atoms with Crippen molar-refractivity contribution in [2.24, 2.45) is 11.7 Å². The number of alkyl carbamates (subject to hydrolysis) is 1. The van der Waals surface area contributed by atoms with Crippen molar-refractivity contribution in [3.63, 3.8) is 0 Å². The van der Waals surface area contributed by atoms with Crippen LogP contribution in [-0.4, -0.2) is 53.5 Å². The van der Waals surface area contributed by atoms with Crippen LogP contribution in [0.3, 0.4) is 0 Å². The average Bonchev–Trinajstić information content (AvgIpc) is 2.93. The number of ether oxygens (including phenoxy) is 2. The second-order valence-electron chi connectivity index (χ2n) is 12.7. The standard InChI is InChI=1S/C34H50N4O6/c1-21(2)10-13-24(5)38(32(41)28(18-19-29(35)39)37-33(42)44-34(6,7)8)30(27-20-22(3)11-12-23(27)4)31(40)36-25-14-16-26(43-9)17-15-25/h11-12,14-17,20-21,24,28,30H,10,13,18-19H2,1-9H3,(H2,35,39)(H,36,40)(H,37,42). The molecule has 0 aliphatic rings. The van der Waals surface area contributed by atoms with Crippen LogP contribution in [0.4, 0.5) is 10.5 Å². The molecule has 3 atom stereocenters. The van der Waals surface area contributed by atoms with Gasteiger partial charge < -0.3 is 30.7 Å². The zero-order valence-corrected chi connectivity index (χ0v) is 27.7. The molecule has 0 fully saturated rings. The van der Waals surface area contributed by atoms with Gasteiger partial charge in [0.2, 0.25) is 11.8 Å². The predicted octanol–water partition coefficient (Wildman–Crippen LogP) is 5.80. The van der Waals surface area contributed by atoms with Crippen molar-refractivity contribution in [2.75, 3.05) is 12.4 Å². The summed E-state index contributed by atoms with van der Waals surface area (Å²) in [5, 5.41) is 5.64. The Bertz CT molecular complexity index is 1290. The normalized spacial score (nSPS) is 13.4. The Morgan fingerprint density at radius 3 is 2.11 bits per heavy atom. The number of methoxy groups -OCH3 is 1. The number of amides is 4. The van der Waals surface area contributed by atoms with E-state index in [1.807, 2.05) is 39.0 Å². The van der Waals surface area contributed by atoms with Crippen molar-refractivity contribution >= 4 is 29.5 Å². The van der Waals surface area contributed by atoms with Crippen molar-refractivity contribution in [3.8, 4) is 5.75 Å². The van der Waals surface area contributed by atoms with Crippen LogP contribution in [-0.2, 0) is 19.1 Å². The van der Waals surface area contributed by atoms with E-state index in [0.717, 1.165) is 17.5 Å². The van der Waals surface area contributed by atoms with Gasteiger partial charge in [-0.05, 0) is 102 Å². The lowest BCUT2D eigenvalue weighted by molar-refractivity contribution is -0.143. The van der Waals surface area contributed by atoms with E-state index in [1.165, 1.54) is 0 Å². The first-order chi connectivity index (χ1) is 20.5. The van der Waals surface area contributed by atoms with Gasteiger partial charge in [-0.1, -0.05) is 37.6 Å². The van der Waals surface area contributed by atoms with Crippen molar-refractivity contribution < 1.29 is 28.7 Å². The number of carbonyl (C=O) groups is 4. The van der Waals surface area contributed by atoms with Crippen molar-refractivity contribution in [3.05, 3.63) is 59.2 Å². The monoisotopic (exact) mass is 610 g/mol. The first-order valence-electron chi connectivity index (χ1n) is 15.1. The van der Waals surface area contributed by atoms with Crippen LogP contribution >= 0.6 is 0 Å². The minimum Gasteiger partial charge on any atom is -0.497 e. The molecular formula is C34H50N4O6. The summed E-state index contributed by atoms with van der Waals surface area (Å²) >= 11 is 0. The lowest BCUT2D eigenvalue weighted by Gasteiger charge is -2.39. The molecule has 0 aliphatic heterocycles. The Hall–Kier alpha value is -4.08. The predicted molar refractivity (Wildman–Crippen MR) is 172 cm³/mol. The molecule has 0 saturated heterocycles. The zero-order chi connectivity index (χ0) is 33.2. The molecule has 2 aromatic carbocycles. The van der Waals surface area contributed by atoms with Gasteiger partial charge in [-0.25, -0.2) is 4.79 Å². The molecule has 2 rings (SSSR count). The van der Waals surface area contributed by atoms with Crippen LogP contribution in [0.25, 0.3) is 0 Å². The second-order valence-corrected chi connectivity index (χ2v) is 12.7. The minimum absolute atomic E-state index is 0.0551. The molecule has 4 amide bonds. The van der Waals surface area contributed by atoms with Crippen molar-refractivity contribution in [2.45, 2.75) is 105 Å². The van der Waals surface area contributed by atoms with E-state index in [-0.39, 0.29) is 12.8 Å². The first-order valence-corrected chi connectivity index (χ1v) is 15.1. The quantitative estimate of drug-likeness (QED) is 0.247. The minimum atomic E-state index is -1.17. The summed E-state index contributed by atoms with van der Waals surface area (Å²) < 4.78 is 10.7. The Morgan fingerprint density at radius 2 is 1.57 bits per heavy atom. The van der Waals surface area contributed by atoms with Crippen LogP contribution in [0.2, 0.25) is 0 Å². The third kappa shape index (κ3) is 11.2. The number of rotatable bonds is 14. The van der Waals surface area contributed by atoms with E-state index in [1.54, 1.807) is 57.0 Å². The topological polar surface area (TPSA) is 140 Å². The third-order valence-electron chi connectivity index (χ3n) is 7.17. The van der Waals surface area contributed by atoms with E-state index in [4.69, 9.17) is 15.2 Å². The largest absolute Gasteiger partial charge is 0.497 e. The molecule has 0 spiro atoms. The number of benzene rings is 2. The fourth-order valence-electron chi connectivity index (χ4n) is 4.84. The highest BCUT2D eigenvalue weighted by Crippen LogP contribution is 2.32. The number of carbonyl (C=O) groups excluding carboxylic acids is 4. The highest BCUT2D eigenvalue weighted by atomic mass is 16.6. The summed E-state index contributed by atoms with van der Waals surface area (Å²) in [7, 11) is 1.56. The van der Waals surface area contributed by atoms with E-state index in [2.05, 4.69) is 24.5 Å². The first kappa shape index (κ1) is 36.1. The number of aryl methyl sites for hydroxylation is 2. The van der Waals surface area contributed by atoms with Crippen LogP contribution in [0, 0.1) is 19.8 Å². The summed E-state index contributed by atoms with van der Waals surface area (Å²) in [6.45, 7) is 15.1. The molecule has 44 heavy (non-hydrogen) atoms. The van der Waals surface area contributed by atoms with Crippen LogP contribution in [0.5, 0.6) is 5.75 Å². The molecule has 0 saturated carbocycles. The Kier molecular flexibility index (Phi) is 13.2. The Labute approximate surface area is 262 Å². The number of nitrogens with zero attached hydrogens (tertiary/aromatic N) is 1. The number of hydrogen-bond acceptors (Lipinski definition) is 6.